The number of hydrogen-bond donors (Lipinski definition) is 2. The highest BCUT2D eigenvalue weighted by Crippen LogP contribution is 2.42. The Labute approximate surface area is 168 Å². The number of carbonyl (C=O) groups is 1. The van der Waals surface area contributed by atoms with Gasteiger partial charge >= 0.3 is 0 Å². The predicted octanol–water partition coefficient (Wildman–Crippen LogP) is 4.57. The summed E-state index contributed by atoms with van der Waals surface area (Å²) < 4.78 is 0. The normalized spacial score (nSPS) is 22.5. The molecule has 1 aliphatic rings. The highest BCUT2D eigenvalue weighted by Gasteiger charge is 2.47. The van der Waals surface area contributed by atoms with Crippen LogP contribution in [0, 0.1) is 22.7 Å². The second kappa shape index (κ2) is 7.34. The van der Waals surface area contributed by atoms with Crippen molar-refractivity contribution in [3.05, 3.63) is 45.8 Å². The van der Waals surface area contributed by atoms with E-state index < -0.39 is 5.54 Å². The van der Waals surface area contributed by atoms with Gasteiger partial charge in [0.2, 0.25) is 5.91 Å². The van der Waals surface area contributed by atoms with E-state index in [0.717, 1.165) is 28.2 Å². The van der Waals surface area contributed by atoms with Gasteiger partial charge in [0.1, 0.15) is 0 Å². The highest BCUT2D eigenvalue weighted by molar-refractivity contribution is 7.15. The number of nitriles is 1. The Bertz CT molecular complexity index is 948. The molecule has 3 rings (SSSR count). The van der Waals surface area contributed by atoms with E-state index in [1.165, 1.54) is 4.90 Å². The topological polar surface area (TPSA) is 80.0 Å². The van der Waals surface area contributed by atoms with Crippen LogP contribution in [0.4, 0.5) is 0 Å². The van der Waals surface area contributed by atoms with Crippen LogP contribution in [0.2, 0.25) is 5.02 Å². The molecule has 1 fully saturated rings. The Balaban J connectivity index is 2.03. The number of nitrogens with one attached hydrogen (secondary N) is 2. The number of rotatable bonds is 4. The van der Waals surface area contributed by atoms with Crippen molar-refractivity contribution in [2.45, 2.75) is 32.2 Å². The van der Waals surface area contributed by atoms with Crippen LogP contribution in [-0.2, 0) is 10.3 Å². The Morgan fingerprint density at radius 3 is 2.81 bits per heavy atom. The second-order valence-electron chi connectivity index (χ2n) is 6.92. The summed E-state index contributed by atoms with van der Waals surface area (Å²) in [6, 6.07) is 11.4. The fourth-order valence-corrected chi connectivity index (χ4v) is 4.90. The zero-order chi connectivity index (χ0) is 19.8. The lowest BCUT2D eigenvalue weighted by molar-refractivity contribution is -0.135. The van der Waals surface area contributed by atoms with Crippen LogP contribution in [0.5, 0.6) is 0 Å². The number of carbonyl (C=O) groups excluding carboxylic acids is 1. The minimum absolute atomic E-state index is 0.0347. The average molecular weight is 401 g/mol. The summed E-state index contributed by atoms with van der Waals surface area (Å²) in [6.07, 6.45) is 1.62. The minimum atomic E-state index is -0.643. The average Bonchev–Trinajstić information content (AvgIpc) is 3.14. The number of amides is 1. The Morgan fingerprint density at radius 2 is 2.15 bits per heavy atom. The van der Waals surface area contributed by atoms with Gasteiger partial charge in [-0.1, -0.05) is 24.9 Å². The quantitative estimate of drug-likeness (QED) is 0.788. The number of guanidine groups is 1. The summed E-state index contributed by atoms with van der Waals surface area (Å²) in [5, 5.41) is 21.1. The fourth-order valence-electron chi connectivity index (χ4n) is 3.51. The van der Waals surface area contributed by atoms with E-state index >= 15 is 0 Å². The molecule has 1 aliphatic heterocycles. The fraction of sp³-hybridized carbons (Fsp3) is 0.350. The molecule has 0 spiro atoms. The third-order valence-corrected chi connectivity index (χ3v) is 6.64. The summed E-state index contributed by atoms with van der Waals surface area (Å²) >= 11 is 7.70. The van der Waals surface area contributed by atoms with Crippen molar-refractivity contribution < 1.29 is 4.79 Å². The summed E-state index contributed by atoms with van der Waals surface area (Å²) in [6.45, 7) is 4.05. The van der Waals surface area contributed by atoms with Gasteiger partial charge in [0.25, 0.3) is 0 Å². The Morgan fingerprint density at radius 1 is 1.41 bits per heavy atom. The molecule has 140 valence electrons. The molecule has 2 aromatic rings. The number of benzene rings is 1. The van der Waals surface area contributed by atoms with Crippen molar-refractivity contribution >= 4 is 34.8 Å². The van der Waals surface area contributed by atoms with E-state index in [0.29, 0.717) is 10.6 Å². The smallest absolute Gasteiger partial charge is 0.234 e. The van der Waals surface area contributed by atoms with Gasteiger partial charge in [-0.3, -0.25) is 15.1 Å². The first-order valence-corrected chi connectivity index (χ1v) is 9.95. The van der Waals surface area contributed by atoms with Gasteiger partial charge in [0.05, 0.1) is 23.1 Å². The zero-order valence-electron chi connectivity index (χ0n) is 15.5. The standard InChI is InChI=1S/C20H21ClN4OS/c1-4-5-15-18(26)25(3)19(23)24-20(15,2)17-7-6-16(27-17)13-8-12(11-22)9-14(21)10-13/h6-10,15H,4-5H2,1-3H3,(H2,23,24)/t15-,20+/m1/s1. The molecular formula is C20H21ClN4OS. The molecule has 27 heavy (non-hydrogen) atoms. The highest BCUT2D eigenvalue weighted by atomic mass is 35.5. The molecule has 2 atom stereocenters. The lowest BCUT2D eigenvalue weighted by Crippen LogP contribution is -2.63. The van der Waals surface area contributed by atoms with Crippen molar-refractivity contribution in [1.29, 1.82) is 10.7 Å². The SMILES string of the molecule is CCC[C@@H]1C(=O)N(C)C(=N)N[C@]1(C)c1ccc(-c2cc(Cl)cc(C#N)c2)s1. The first kappa shape index (κ1) is 19.4. The lowest BCUT2D eigenvalue weighted by atomic mass is 9.79. The summed E-state index contributed by atoms with van der Waals surface area (Å²) in [4.78, 5) is 16.2. The van der Waals surface area contributed by atoms with E-state index in [-0.39, 0.29) is 17.8 Å². The minimum Gasteiger partial charge on any atom is -0.345 e. The third kappa shape index (κ3) is 3.45. The van der Waals surface area contributed by atoms with Gasteiger partial charge in [-0.05, 0) is 49.2 Å². The number of nitrogens with zero attached hydrogens (tertiary/aromatic N) is 2. The molecule has 2 N–H and O–H groups in total. The molecule has 1 aromatic heterocycles. The number of halogens is 1. The van der Waals surface area contributed by atoms with E-state index in [1.54, 1.807) is 24.5 Å². The van der Waals surface area contributed by atoms with Crippen LogP contribution in [0.1, 0.15) is 37.1 Å². The van der Waals surface area contributed by atoms with Crippen LogP contribution >= 0.6 is 22.9 Å². The van der Waals surface area contributed by atoms with Crippen molar-refractivity contribution in [2.75, 3.05) is 7.05 Å². The second-order valence-corrected chi connectivity index (χ2v) is 8.44. The zero-order valence-corrected chi connectivity index (χ0v) is 17.0. The molecule has 1 aromatic carbocycles. The lowest BCUT2D eigenvalue weighted by Gasteiger charge is -2.45. The van der Waals surface area contributed by atoms with Gasteiger partial charge in [-0.2, -0.15) is 5.26 Å². The van der Waals surface area contributed by atoms with Crippen molar-refractivity contribution in [2.24, 2.45) is 5.92 Å². The largest absolute Gasteiger partial charge is 0.345 e. The van der Waals surface area contributed by atoms with Gasteiger partial charge in [-0.15, -0.1) is 11.3 Å². The summed E-state index contributed by atoms with van der Waals surface area (Å²) in [7, 11) is 1.63. The molecule has 2 heterocycles. The first-order valence-electron chi connectivity index (χ1n) is 8.75. The van der Waals surface area contributed by atoms with Crippen molar-refractivity contribution in [3.63, 3.8) is 0 Å². The van der Waals surface area contributed by atoms with Crippen LogP contribution in [-0.4, -0.2) is 23.8 Å². The maximum atomic E-state index is 12.8. The Kier molecular flexibility index (Phi) is 5.27. The summed E-state index contributed by atoms with van der Waals surface area (Å²) in [5.74, 6) is -0.172. The van der Waals surface area contributed by atoms with Crippen molar-refractivity contribution in [1.82, 2.24) is 10.2 Å². The third-order valence-electron chi connectivity index (χ3n) is 5.05. The molecule has 0 radical (unpaired) electrons. The Hall–Kier alpha value is -2.36. The van der Waals surface area contributed by atoms with Gasteiger partial charge in [-0.25, -0.2) is 0 Å². The maximum Gasteiger partial charge on any atom is 0.234 e. The molecule has 0 unspecified atom stereocenters. The first-order chi connectivity index (χ1) is 12.8. The number of hydrogen-bond acceptors (Lipinski definition) is 4. The molecule has 0 saturated carbocycles. The van der Waals surface area contributed by atoms with Gasteiger partial charge < -0.3 is 5.32 Å². The van der Waals surface area contributed by atoms with Crippen molar-refractivity contribution in [3.8, 4) is 16.5 Å². The molecule has 5 nitrogen and oxygen atoms in total. The van der Waals surface area contributed by atoms with E-state index in [1.807, 2.05) is 31.2 Å². The molecule has 0 bridgehead atoms. The number of thiophene rings is 1. The molecule has 7 heteroatoms. The van der Waals surface area contributed by atoms with Crippen LogP contribution in [0.3, 0.4) is 0 Å². The molecule has 1 saturated heterocycles. The van der Waals surface area contributed by atoms with E-state index in [9.17, 15) is 10.1 Å². The molecular weight excluding hydrogens is 380 g/mol. The molecule has 0 aliphatic carbocycles. The van der Waals surface area contributed by atoms with E-state index in [2.05, 4.69) is 18.3 Å². The maximum absolute atomic E-state index is 12.8. The summed E-state index contributed by atoms with van der Waals surface area (Å²) in [5.41, 5.74) is 0.744. The van der Waals surface area contributed by atoms with Crippen LogP contribution in [0.15, 0.2) is 30.3 Å². The van der Waals surface area contributed by atoms with Crippen LogP contribution < -0.4 is 5.32 Å². The predicted molar refractivity (Wildman–Crippen MR) is 109 cm³/mol. The van der Waals surface area contributed by atoms with Gasteiger partial charge in [0.15, 0.2) is 5.96 Å². The molecule has 1 amide bonds. The van der Waals surface area contributed by atoms with Gasteiger partial charge in [0, 0.05) is 21.8 Å². The van der Waals surface area contributed by atoms with E-state index in [4.69, 9.17) is 17.0 Å². The monoisotopic (exact) mass is 400 g/mol. The van der Waals surface area contributed by atoms with Crippen LogP contribution in [0.25, 0.3) is 10.4 Å².